The Hall–Kier alpha value is -1.41. The topological polar surface area (TPSA) is 74.0 Å². The van der Waals surface area contributed by atoms with Crippen LogP contribution in [-0.2, 0) is 0 Å². The van der Waals surface area contributed by atoms with Crippen LogP contribution in [0.3, 0.4) is 0 Å². The second-order valence-corrected chi connectivity index (χ2v) is 5.01. The van der Waals surface area contributed by atoms with Crippen LogP contribution in [0.1, 0.15) is 58.4 Å². The highest BCUT2D eigenvalue weighted by Gasteiger charge is 2.23. The number of carboxylic acid groups (broad SMARTS) is 1. The quantitative estimate of drug-likeness (QED) is 0.856. The zero-order valence-electron chi connectivity index (χ0n) is 8.77. The summed E-state index contributed by atoms with van der Waals surface area (Å²) in [5, 5.41) is 18.6. The number of rotatable bonds is 2. The Morgan fingerprint density at radius 2 is 2.12 bits per heavy atom. The normalized spacial score (nSPS) is 16.9. The summed E-state index contributed by atoms with van der Waals surface area (Å²) >= 11 is 1.24. The second-order valence-electron chi connectivity index (χ2n) is 3.98. The largest absolute Gasteiger partial charge is 0.476 e. The molecule has 1 heterocycles. The maximum absolute atomic E-state index is 10.9. The van der Waals surface area contributed by atoms with Crippen LogP contribution in [0.5, 0.6) is 0 Å². The molecule has 0 spiro atoms. The van der Waals surface area contributed by atoms with Gasteiger partial charge in [-0.1, -0.05) is 19.3 Å². The van der Waals surface area contributed by atoms with Gasteiger partial charge in [-0.15, -0.1) is 11.3 Å². The van der Waals surface area contributed by atoms with Gasteiger partial charge in [-0.05, 0) is 12.8 Å². The van der Waals surface area contributed by atoms with E-state index >= 15 is 0 Å². The summed E-state index contributed by atoms with van der Waals surface area (Å²) in [6, 6.07) is 1.91. The monoisotopic (exact) mass is 236 g/mol. The smallest absolute Gasteiger partial charge is 0.356 e. The van der Waals surface area contributed by atoms with Gasteiger partial charge in [-0.25, -0.2) is 9.78 Å². The fraction of sp³-hybridized carbons (Fsp3) is 0.545. The zero-order valence-corrected chi connectivity index (χ0v) is 9.59. The molecule has 1 aromatic heterocycles. The molecule has 5 heteroatoms. The molecule has 1 saturated carbocycles. The van der Waals surface area contributed by atoms with Gasteiger partial charge < -0.3 is 5.11 Å². The van der Waals surface area contributed by atoms with Crippen LogP contribution in [0.4, 0.5) is 0 Å². The van der Waals surface area contributed by atoms with Crippen LogP contribution in [0, 0.1) is 11.3 Å². The molecule has 2 rings (SSSR count). The molecule has 0 radical (unpaired) electrons. The third kappa shape index (κ3) is 2.07. The average Bonchev–Trinajstić information content (AvgIpc) is 2.74. The Bertz CT molecular complexity index is 441. The maximum atomic E-state index is 10.9. The maximum Gasteiger partial charge on any atom is 0.356 e. The lowest BCUT2D eigenvalue weighted by Crippen LogP contribution is -2.05. The highest BCUT2D eigenvalue weighted by atomic mass is 32.1. The molecule has 1 aliphatic carbocycles. The molecule has 1 fully saturated rings. The van der Waals surface area contributed by atoms with Gasteiger partial charge in [0.25, 0.3) is 0 Å². The lowest BCUT2D eigenvalue weighted by molar-refractivity contribution is 0.0690. The molecule has 0 aromatic carbocycles. The Morgan fingerprint density at radius 3 is 2.62 bits per heavy atom. The Labute approximate surface area is 97.6 Å². The first kappa shape index (κ1) is 11.1. The molecule has 0 saturated heterocycles. The molecule has 0 bridgehead atoms. The molecule has 0 unspecified atom stereocenters. The number of aromatic nitrogens is 1. The SMILES string of the molecule is N#Cc1sc(C2CCCCC2)nc1C(=O)O. The summed E-state index contributed by atoms with van der Waals surface area (Å²) in [6.07, 6.45) is 5.73. The number of nitrogens with zero attached hydrogens (tertiary/aromatic N) is 2. The van der Waals surface area contributed by atoms with Crippen molar-refractivity contribution in [3.8, 4) is 6.07 Å². The van der Waals surface area contributed by atoms with Gasteiger partial charge in [0, 0.05) is 5.92 Å². The molecule has 84 valence electrons. The van der Waals surface area contributed by atoms with Crippen molar-refractivity contribution < 1.29 is 9.90 Å². The van der Waals surface area contributed by atoms with Crippen molar-refractivity contribution in [2.75, 3.05) is 0 Å². The van der Waals surface area contributed by atoms with E-state index in [1.54, 1.807) is 0 Å². The predicted octanol–water partition coefficient (Wildman–Crippen LogP) is 2.76. The van der Waals surface area contributed by atoms with Crippen LogP contribution in [-0.4, -0.2) is 16.1 Å². The van der Waals surface area contributed by atoms with Crippen LogP contribution < -0.4 is 0 Å². The molecular formula is C11H12N2O2S. The Balaban J connectivity index is 2.28. The Morgan fingerprint density at radius 1 is 1.44 bits per heavy atom. The summed E-state index contributed by atoms with van der Waals surface area (Å²) in [4.78, 5) is 15.2. The van der Waals surface area contributed by atoms with Crippen molar-refractivity contribution in [3.05, 3.63) is 15.6 Å². The number of hydrogen-bond acceptors (Lipinski definition) is 4. The highest BCUT2D eigenvalue weighted by molar-refractivity contribution is 7.12. The van der Waals surface area contributed by atoms with Gasteiger partial charge in [0.1, 0.15) is 10.9 Å². The molecule has 1 N–H and O–H groups in total. The fourth-order valence-corrected chi connectivity index (χ4v) is 3.11. The summed E-state index contributed by atoms with van der Waals surface area (Å²) < 4.78 is 0. The van der Waals surface area contributed by atoms with Crippen LogP contribution in [0.2, 0.25) is 0 Å². The van der Waals surface area contributed by atoms with E-state index in [1.165, 1.54) is 30.6 Å². The average molecular weight is 236 g/mol. The summed E-state index contributed by atoms with van der Waals surface area (Å²) in [7, 11) is 0. The van der Waals surface area contributed by atoms with Crippen LogP contribution in [0.15, 0.2) is 0 Å². The summed E-state index contributed by atoms with van der Waals surface area (Å²) in [5.74, 6) is -0.742. The van der Waals surface area contributed by atoms with E-state index in [9.17, 15) is 4.79 Å². The van der Waals surface area contributed by atoms with E-state index in [4.69, 9.17) is 10.4 Å². The van der Waals surface area contributed by atoms with E-state index in [2.05, 4.69) is 4.98 Å². The molecule has 1 aliphatic rings. The third-order valence-corrected chi connectivity index (χ3v) is 4.02. The lowest BCUT2D eigenvalue weighted by atomic mass is 9.90. The van der Waals surface area contributed by atoms with Gasteiger partial charge in [-0.3, -0.25) is 0 Å². The number of thiazole rings is 1. The second kappa shape index (κ2) is 4.62. The van der Waals surface area contributed by atoms with E-state index < -0.39 is 5.97 Å². The van der Waals surface area contributed by atoms with Gasteiger partial charge >= 0.3 is 5.97 Å². The van der Waals surface area contributed by atoms with E-state index in [0.29, 0.717) is 5.92 Å². The van der Waals surface area contributed by atoms with Crippen LogP contribution in [0.25, 0.3) is 0 Å². The minimum absolute atomic E-state index is 0.0759. The van der Waals surface area contributed by atoms with Crippen molar-refractivity contribution in [2.45, 2.75) is 38.0 Å². The predicted molar refractivity (Wildman–Crippen MR) is 59.6 cm³/mol. The summed E-state index contributed by atoms with van der Waals surface area (Å²) in [6.45, 7) is 0. The number of aromatic carboxylic acids is 1. The van der Waals surface area contributed by atoms with Gasteiger partial charge in [0.15, 0.2) is 5.69 Å². The van der Waals surface area contributed by atoms with Gasteiger partial charge in [-0.2, -0.15) is 5.26 Å². The number of carbonyl (C=O) groups is 1. The van der Waals surface area contributed by atoms with E-state index in [0.717, 1.165) is 17.8 Å². The van der Waals surface area contributed by atoms with Gasteiger partial charge in [0.2, 0.25) is 0 Å². The number of carboxylic acids is 1. The minimum atomic E-state index is -1.10. The van der Waals surface area contributed by atoms with E-state index in [1.807, 2.05) is 6.07 Å². The highest BCUT2D eigenvalue weighted by Crippen LogP contribution is 2.35. The molecule has 1 aromatic rings. The van der Waals surface area contributed by atoms with Crippen molar-refractivity contribution >= 4 is 17.3 Å². The van der Waals surface area contributed by atoms with Crippen molar-refractivity contribution in [1.82, 2.24) is 4.98 Å². The molecule has 16 heavy (non-hydrogen) atoms. The lowest BCUT2D eigenvalue weighted by Gasteiger charge is -2.18. The third-order valence-electron chi connectivity index (χ3n) is 2.90. The molecular weight excluding hydrogens is 224 g/mol. The Kier molecular flexibility index (Phi) is 3.20. The first-order valence-corrected chi connectivity index (χ1v) is 6.18. The molecule has 0 aliphatic heterocycles. The zero-order chi connectivity index (χ0) is 11.5. The first-order valence-electron chi connectivity index (χ1n) is 5.36. The first-order chi connectivity index (χ1) is 7.72. The van der Waals surface area contributed by atoms with Crippen molar-refractivity contribution in [3.63, 3.8) is 0 Å². The molecule has 0 amide bonds. The summed E-state index contributed by atoms with van der Waals surface area (Å²) in [5.41, 5.74) is -0.0759. The molecule has 0 atom stereocenters. The van der Waals surface area contributed by atoms with Crippen molar-refractivity contribution in [1.29, 1.82) is 5.26 Å². The van der Waals surface area contributed by atoms with Crippen molar-refractivity contribution in [2.24, 2.45) is 0 Å². The van der Waals surface area contributed by atoms with Crippen LogP contribution >= 0.6 is 11.3 Å². The number of nitriles is 1. The number of hydrogen-bond donors (Lipinski definition) is 1. The molecule has 4 nitrogen and oxygen atoms in total. The fourth-order valence-electron chi connectivity index (χ4n) is 2.08. The standard InChI is InChI=1S/C11H12N2O2S/c12-6-8-9(11(14)15)13-10(16-8)7-4-2-1-3-5-7/h7H,1-5H2,(H,14,15). The van der Waals surface area contributed by atoms with E-state index in [-0.39, 0.29) is 10.6 Å². The minimum Gasteiger partial charge on any atom is -0.476 e. The van der Waals surface area contributed by atoms with Gasteiger partial charge in [0.05, 0.1) is 5.01 Å².